The van der Waals surface area contributed by atoms with Crippen LogP contribution in [0.15, 0.2) is 6.20 Å². The van der Waals surface area contributed by atoms with Crippen molar-refractivity contribution in [2.24, 2.45) is 0 Å². The SMILES string of the molecule is CCCN(c1cnc(C)c(C)n1)C1CC2CCC(C1)N2. The first-order chi connectivity index (χ1) is 9.67. The average Bonchev–Trinajstić information content (AvgIpc) is 2.78. The lowest BCUT2D eigenvalue weighted by Gasteiger charge is -2.38. The van der Waals surface area contributed by atoms with Crippen LogP contribution in [0.2, 0.25) is 0 Å². The third kappa shape index (κ3) is 2.66. The topological polar surface area (TPSA) is 41.1 Å². The Morgan fingerprint density at radius 2 is 1.90 bits per heavy atom. The highest BCUT2D eigenvalue weighted by atomic mass is 15.2. The second kappa shape index (κ2) is 5.68. The van der Waals surface area contributed by atoms with Gasteiger partial charge < -0.3 is 10.2 Å². The zero-order valence-corrected chi connectivity index (χ0v) is 12.9. The third-order valence-corrected chi connectivity index (χ3v) is 4.83. The maximum absolute atomic E-state index is 4.78. The lowest BCUT2D eigenvalue weighted by atomic mass is 9.98. The number of nitrogens with one attached hydrogen (secondary N) is 1. The van der Waals surface area contributed by atoms with E-state index >= 15 is 0 Å². The van der Waals surface area contributed by atoms with Crippen LogP contribution in [-0.4, -0.2) is 34.6 Å². The first-order valence-electron chi connectivity index (χ1n) is 8.00. The predicted molar refractivity (Wildman–Crippen MR) is 82.1 cm³/mol. The smallest absolute Gasteiger partial charge is 0.147 e. The number of hydrogen-bond donors (Lipinski definition) is 1. The summed E-state index contributed by atoms with van der Waals surface area (Å²) in [5, 5.41) is 3.73. The molecular weight excluding hydrogens is 248 g/mol. The molecule has 2 unspecified atom stereocenters. The van der Waals surface area contributed by atoms with E-state index in [-0.39, 0.29) is 0 Å². The van der Waals surface area contributed by atoms with Gasteiger partial charge in [0.1, 0.15) is 5.82 Å². The first kappa shape index (κ1) is 13.8. The van der Waals surface area contributed by atoms with Gasteiger partial charge in [-0.2, -0.15) is 0 Å². The molecule has 2 fully saturated rings. The first-order valence-corrected chi connectivity index (χ1v) is 8.00. The molecule has 3 heterocycles. The molecule has 0 aliphatic carbocycles. The molecule has 4 nitrogen and oxygen atoms in total. The van der Waals surface area contributed by atoms with E-state index in [0.717, 1.165) is 42.3 Å². The summed E-state index contributed by atoms with van der Waals surface area (Å²) in [7, 11) is 0. The summed E-state index contributed by atoms with van der Waals surface area (Å²) in [6, 6.07) is 2.07. The van der Waals surface area contributed by atoms with Gasteiger partial charge in [0.15, 0.2) is 0 Å². The molecule has 0 spiro atoms. The molecule has 2 atom stereocenters. The molecule has 3 rings (SSSR count). The average molecular weight is 274 g/mol. The Kier molecular flexibility index (Phi) is 3.92. The van der Waals surface area contributed by atoms with Crippen LogP contribution in [0.25, 0.3) is 0 Å². The number of aromatic nitrogens is 2. The van der Waals surface area contributed by atoms with Gasteiger partial charge in [-0.05, 0) is 46.0 Å². The van der Waals surface area contributed by atoms with E-state index in [9.17, 15) is 0 Å². The van der Waals surface area contributed by atoms with Crippen molar-refractivity contribution in [1.29, 1.82) is 0 Å². The Morgan fingerprint density at radius 1 is 1.20 bits per heavy atom. The van der Waals surface area contributed by atoms with Gasteiger partial charge in [0, 0.05) is 24.7 Å². The van der Waals surface area contributed by atoms with Crippen molar-refractivity contribution >= 4 is 5.82 Å². The van der Waals surface area contributed by atoms with Gasteiger partial charge in [-0.25, -0.2) is 4.98 Å². The summed E-state index contributed by atoms with van der Waals surface area (Å²) in [5.41, 5.74) is 2.09. The van der Waals surface area contributed by atoms with Gasteiger partial charge in [0.05, 0.1) is 17.6 Å². The Balaban J connectivity index is 1.82. The van der Waals surface area contributed by atoms with E-state index in [4.69, 9.17) is 4.98 Å². The highest BCUT2D eigenvalue weighted by Crippen LogP contribution is 2.31. The van der Waals surface area contributed by atoms with E-state index in [0.29, 0.717) is 6.04 Å². The Bertz CT molecular complexity index is 462. The fourth-order valence-electron chi connectivity index (χ4n) is 3.67. The van der Waals surface area contributed by atoms with Crippen LogP contribution >= 0.6 is 0 Å². The lowest BCUT2D eigenvalue weighted by Crippen LogP contribution is -2.49. The standard InChI is InChI=1S/C16H26N4/c1-4-7-20(16-10-17-11(2)12(3)18-16)15-8-13-5-6-14(9-15)19-13/h10,13-15,19H,4-9H2,1-3H3. The number of anilines is 1. The molecule has 110 valence electrons. The van der Waals surface area contributed by atoms with Gasteiger partial charge >= 0.3 is 0 Å². The van der Waals surface area contributed by atoms with Gasteiger partial charge in [0.2, 0.25) is 0 Å². The highest BCUT2D eigenvalue weighted by molar-refractivity contribution is 5.39. The molecule has 20 heavy (non-hydrogen) atoms. The monoisotopic (exact) mass is 274 g/mol. The summed E-state index contributed by atoms with van der Waals surface area (Å²) < 4.78 is 0. The van der Waals surface area contributed by atoms with Crippen LogP contribution in [-0.2, 0) is 0 Å². The quantitative estimate of drug-likeness (QED) is 0.916. The second-order valence-corrected chi connectivity index (χ2v) is 6.36. The number of aryl methyl sites for hydroxylation is 2. The Labute approximate surface area is 122 Å². The summed E-state index contributed by atoms with van der Waals surface area (Å²) in [5.74, 6) is 1.07. The maximum Gasteiger partial charge on any atom is 0.147 e. The van der Waals surface area contributed by atoms with Crippen LogP contribution in [0.5, 0.6) is 0 Å². The minimum atomic E-state index is 0.630. The van der Waals surface area contributed by atoms with E-state index in [2.05, 4.69) is 29.0 Å². The molecule has 2 bridgehead atoms. The molecule has 1 aromatic rings. The highest BCUT2D eigenvalue weighted by Gasteiger charge is 2.36. The number of fused-ring (bicyclic) bond motifs is 2. The molecule has 1 N–H and O–H groups in total. The molecule has 0 radical (unpaired) electrons. The number of rotatable bonds is 4. The molecule has 4 heteroatoms. The predicted octanol–water partition coefficient (Wildman–Crippen LogP) is 2.59. The van der Waals surface area contributed by atoms with Crippen molar-refractivity contribution in [3.63, 3.8) is 0 Å². The molecule has 0 amide bonds. The van der Waals surface area contributed by atoms with Gasteiger partial charge in [-0.3, -0.25) is 4.98 Å². The van der Waals surface area contributed by atoms with E-state index in [1.54, 1.807) is 0 Å². The van der Waals surface area contributed by atoms with Gasteiger partial charge in [0.25, 0.3) is 0 Å². The zero-order chi connectivity index (χ0) is 14.1. The fourth-order valence-corrected chi connectivity index (χ4v) is 3.67. The summed E-state index contributed by atoms with van der Waals surface area (Å²) in [6.45, 7) is 7.42. The van der Waals surface area contributed by atoms with Crippen molar-refractivity contribution in [1.82, 2.24) is 15.3 Å². The van der Waals surface area contributed by atoms with Crippen LogP contribution in [0.3, 0.4) is 0 Å². The van der Waals surface area contributed by atoms with E-state index < -0.39 is 0 Å². The molecule has 0 aromatic carbocycles. The van der Waals surface area contributed by atoms with E-state index in [1.807, 2.05) is 13.1 Å². The fraction of sp³-hybridized carbons (Fsp3) is 0.750. The Morgan fingerprint density at radius 3 is 2.50 bits per heavy atom. The van der Waals surface area contributed by atoms with Crippen molar-refractivity contribution in [2.75, 3.05) is 11.4 Å². The minimum Gasteiger partial charge on any atom is -0.352 e. The van der Waals surface area contributed by atoms with E-state index in [1.165, 1.54) is 25.7 Å². The van der Waals surface area contributed by atoms with Crippen molar-refractivity contribution in [3.8, 4) is 0 Å². The van der Waals surface area contributed by atoms with Crippen molar-refractivity contribution in [3.05, 3.63) is 17.6 Å². The van der Waals surface area contributed by atoms with Crippen LogP contribution in [0.1, 0.15) is 50.4 Å². The summed E-state index contributed by atoms with van der Waals surface area (Å²) >= 11 is 0. The molecule has 1 aromatic heterocycles. The van der Waals surface area contributed by atoms with Crippen molar-refractivity contribution < 1.29 is 0 Å². The number of nitrogens with zero attached hydrogens (tertiary/aromatic N) is 3. The van der Waals surface area contributed by atoms with Gasteiger partial charge in [-0.15, -0.1) is 0 Å². The second-order valence-electron chi connectivity index (χ2n) is 6.36. The van der Waals surface area contributed by atoms with Crippen molar-refractivity contribution in [2.45, 2.75) is 71.0 Å². The normalized spacial score (nSPS) is 28.6. The number of piperidine rings is 1. The number of hydrogen-bond acceptors (Lipinski definition) is 4. The molecule has 2 saturated heterocycles. The molecular formula is C16H26N4. The minimum absolute atomic E-state index is 0.630. The Hall–Kier alpha value is -1.16. The van der Waals surface area contributed by atoms with Crippen LogP contribution in [0, 0.1) is 13.8 Å². The molecule has 0 saturated carbocycles. The largest absolute Gasteiger partial charge is 0.352 e. The van der Waals surface area contributed by atoms with Gasteiger partial charge in [-0.1, -0.05) is 6.92 Å². The zero-order valence-electron chi connectivity index (χ0n) is 12.9. The molecule has 2 aliphatic heterocycles. The summed E-state index contributed by atoms with van der Waals surface area (Å²) in [4.78, 5) is 11.8. The summed E-state index contributed by atoms with van der Waals surface area (Å²) in [6.07, 6.45) is 8.32. The third-order valence-electron chi connectivity index (χ3n) is 4.83. The maximum atomic E-state index is 4.78. The van der Waals surface area contributed by atoms with Crippen LogP contribution in [0.4, 0.5) is 5.82 Å². The molecule has 2 aliphatic rings. The lowest BCUT2D eigenvalue weighted by molar-refractivity contribution is 0.345. The van der Waals surface area contributed by atoms with Crippen LogP contribution < -0.4 is 10.2 Å².